The summed E-state index contributed by atoms with van der Waals surface area (Å²) in [4.78, 5) is 35.7. The van der Waals surface area contributed by atoms with Crippen LogP contribution in [0, 0.1) is 0 Å². The Morgan fingerprint density at radius 1 is 0.917 bits per heavy atom. The molecule has 2 aromatic carbocycles. The van der Waals surface area contributed by atoms with Gasteiger partial charge in [0.2, 0.25) is 0 Å². The van der Waals surface area contributed by atoms with Gasteiger partial charge < -0.3 is 24.1 Å². The van der Waals surface area contributed by atoms with Gasteiger partial charge in [-0.2, -0.15) is 0 Å². The van der Waals surface area contributed by atoms with E-state index in [1.807, 2.05) is 67.6 Å². The van der Waals surface area contributed by atoms with Crippen molar-refractivity contribution in [1.82, 2.24) is 4.90 Å². The third-order valence-electron chi connectivity index (χ3n) is 8.36. The number of hydrogen-bond donors (Lipinski definition) is 1. The highest BCUT2D eigenvalue weighted by Gasteiger charge is 2.49. The zero-order valence-electron chi connectivity index (χ0n) is 26.6. The Bertz CT molecular complexity index is 1520. The van der Waals surface area contributed by atoms with Crippen LogP contribution in [0.3, 0.4) is 0 Å². The van der Waals surface area contributed by atoms with Gasteiger partial charge in [-0.15, -0.1) is 0 Å². The standard InChI is InChI=1S/C31H38N10O7/c1-3-25(41(17-20-10-6-4-7-11-20)31(44)45-18-21-12-8-5-9-13-21)26-15-14-22(35-38-32)30(47-26)48-29-24(37-40-34)16-23(36-39-33)28(27(29)43)46-19(2)42/h4-13,22-30,43H,3,14-18H2,1-2H3/t22?,23-,24+,25-,26+,27-,28+,29-,30-/m1/s1. The SMILES string of the molecule is CC[C@H]([C@@H]1CCC(N=[N+]=[N-])[C@@H](O[C@H]2[C@H](O)[C@@H](OC(C)=O)[C@H](N=[N+]=[N-])C[C@@H]2N=[N+]=[N-])O1)N(Cc1ccccc1)C(=O)OCc1ccccc1. The van der Waals surface area contributed by atoms with Gasteiger partial charge >= 0.3 is 12.1 Å². The fraction of sp³-hybridized carbons (Fsp3) is 0.548. The number of aliphatic hydroxyl groups is 1. The molecule has 0 spiro atoms. The Balaban J connectivity index is 1.61. The third-order valence-corrected chi connectivity index (χ3v) is 8.36. The van der Waals surface area contributed by atoms with E-state index in [0.717, 1.165) is 18.1 Å². The summed E-state index contributed by atoms with van der Waals surface area (Å²) in [6.07, 6.45) is -5.59. The molecule has 1 saturated carbocycles. The van der Waals surface area contributed by atoms with E-state index in [1.165, 1.54) is 0 Å². The van der Waals surface area contributed by atoms with Gasteiger partial charge in [-0.3, -0.25) is 9.69 Å². The molecule has 17 nitrogen and oxygen atoms in total. The van der Waals surface area contributed by atoms with Crippen LogP contribution in [-0.4, -0.2) is 76.9 Å². The molecule has 48 heavy (non-hydrogen) atoms. The monoisotopic (exact) mass is 662 g/mol. The van der Waals surface area contributed by atoms with Crippen molar-refractivity contribution in [3.8, 4) is 0 Å². The van der Waals surface area contributed by atoms with Crippen LogP contribution < -0.4 is 0 Å². The fourth-order valence-electron chi connectivity index (χ4n) is 6.15. The summed E-state index contributed by atoms with van der Waals surface area (Å²) in [7, 11) is 0. The zero-order valence-corrected chi connectivity index (χ0v) is 26.6. The second-order valence-corrected chi connectivity index (χ2v) is 11.5. The topological polar surface area (TPSA) is 241 Å². The first-order chi connectivity index (χ1) is 23.3. The van der Waals surface area contributed by atoms with E-state index in [2.05, 4.69) is 30.1 Å². The van der Waals surface area contributed by atoms with Crippen molar-refractivity contribution in [2.24, 2.45) is 15.3 Å². The third kappa shape index (κ3) is 9.29. The van der Waals surface area contributed by atoms with Crippen molar-refractivity contribution in [1.29, 1.82) is 0 Å². The number of ether oxygens (including phenoxy) is 4. The Kier molecular flexibility index (Phi) is 13.3. The molecule has 254 valence electrons. The molecule has 0 aromatic heterocycles. The van der Waals surface area contributed by atoms with Crippen molar-refractivity contribution in [2.45, 2.75) is 108 Å². The molecule has 2 aromatic rings. The van der Waals surface area contributed by atoms with Gasteiger partial charge in [0, 0.05) is 28.2 Å². The molecule has 1 aliphatic heterocycles. The fourth-order valence-corrected chi connectivity index (χ4v) is 6.15. The van der Waals surface area contributed by atoms with Crippen molar-refractivity contribution < 1.29 is 33.6 Å². The average Bonchev–Trinajstić information content (AvgIpc) is 3.09. The lowest BCUT2D eigenvalue weighted by Crippen LogP contribution is -2.59. The molecule has 1 amide bonds. The molecular weight excluding hydrogens is 624 g/mol. The van der Waals surface area contributed by atoms with E-state index in [1.54, 1.807) is 4.90 Å². The van der Waals surface area contributed by atoms with E-state index in [9.17, 15) is 25.8 Å². The Morgan fingerprint density at radius 2 is 1.50 bits per heavy atom. The van der Waals surface area contributed by atoms with Crippen LogP contribution in [0.2, 0.25) is 0 Å². The Labute approximate surface area is 276 Å². The number of benzene rings is 2. The van der Waals surface area contributed by atoms with E-state index in [-0.39, 0.29) is 19.6 Å². The van der Waals surface area contributed by atoms with Gasteiger partial charge in [-0.1, -0.05) is 82.9 Å². The molecule has 1 heterocycles. The van der Waals surface area contributed by atoms with Gasteiger partial charge in [-0.25, -0.2) is 4.79 Å². The van der Waals surface area contributed by atoms with E-state index in [0.29, 0.717) is 19.3 Å². The molecule has 9 atom stereocenters. The number of hydrogen-bond acceptors (Lipinski definition) is 10. The van der Waals surface area contributed by atoms with Crippen LogP contribution >= 0.6 is 0 Å². The average molecular weight is 663 g/mol. The number of nitrogens with zero attached hydrogens (tertiary/aromatic N) is 10. The molecule has 1 aliphatic carbocycles. The summed E-state index contributed by atoms with van der Waals surface area (Å²) in [5, 5.41) is 22.6. The van der Waals surface area contributed by atoms with Crippen LogP contribution in [0.25, 0.3) is 31.3 Å². The lowest BCUT2D eigenvalue weighted by molar-refractivity contribution is -0.261. The largest absolute Gasteiger partial charge is 0.459 e. The van der Waals surface area contributed by atoms with Crippen molar-refractivity contribution in [3.05, 3.63) is 103 Å². The quantitative estimate of drug-likeness (QED) is 0.112. The minimum absolute atomic E-state index is 0.0678. The van der Waals surface area contributed by atoms with Crippen LogP contribution in [0.15, 0.2) is 76.0 Å². The van der Waals surface area contributed by atoms with Gasteiger partial charge in [0.25, 0.3) is 0 Å². The normalized spacial score (nSPS) is 27.1. The summed E-state index contributed by atoms with van der Waals surface area (Å²) in [6.45, 7) is 3.34. The number of azide groups is 3. The maximum absolute atomic E-state index is 13.7. The van der Waals surface area contributed by atoms with E-state index < -0.39 is 66.9 Å². The summed E-state index contributed by atoms with van der Waals surface area (Å²) >= 11 is 0. The van der Waals surface area contributed by atoms with E-state index >= 15 is 0 Å². The maximum atomic E-state index is 13.7. The number of esters is 1. The number of aliphatic hydroxyl groups excluding tert-OH is 1. The number of amides is 1. The van der Waals surface area contributed by atoms with Crippen LogP contribution in [0.4, 0.5) is 4.79 Å². The molecule has 0 radical (unpaired) electrons. The van der Waals surface area contributed by atoms with Gasteiger partial charge in [0.05, 0.1) is 36.4 Å². The molecule has 1 N–H and O–H groups in total. The summed E-state index contributed by atoms with van der Waals surface area (Å²) in [5.41, 5.74) is 29.4. The number of carbonyl (C=O) groups excluding carboxylic acids is 2. The number of carbonyl (C=O) groups is 2. The molecular formula is C31H38N10O7. The predicted molar refractivity (Wildman–Crippen MR) is 170 cm³/mol. The molecule has 4 rings (SSSR count). The predicted octanol–water partition coefficient (Wildman–Crippen LogP) is 6.23. The molecule has 0 bridgehead atoms. The van der Waals surface area contributed by atoms with Crippen molar-refractivity contribution in [2.75, 3.05) is 0 Å². The first kappa shape index (κ1) is 35.8. The summed E-state index contributed by atoms with van der Waals surface area (Å²) < 4.78 is 23.7. The molecule has 1 saturated heterocycles. The lowest BCUT2D eigenvalue weighted by atomic mass is 9.84. The molecule has 2 aliphatic rings. The molecule has 2 fully saturated rings. The van der Waals surface area contributed by atoms with Crippen LogP contribution in [0.5, 0.6) is 0 Å². The second-order valence-electron chi connectivity index (χ2n) is 11.5. The van der Waals surface area contributed by atoms with Crippen LogP contribution in [0.1, 0.15) is 50.7 Å². The second kappa shape index (κ2) is 17.8. The van der Waals surface area contributed by atoms with E-state index in [4.69, 9.17) is 24.5 Å². The summed E-state index contributed by atoms with van der Waals surface area (Å²) in [5.74, 6) is -0.734. The maximum Gasteiger partial charge on any atom is 0.410 e. The van der Waals surface area contributed by atoms with Crippen molar-refractivity contribution >= 4 is 12.1 Å². The number of rotatable bonds is 13. The lowest BCUT2D eigenvalue weighted by Gasteiger charge is -2.45. The highest BCUT2D eigenvalue weighted by Crippen LogP contribution is 2.35. The first-order valence-corrected chi connectivity index (χ1v) is 15.6. The first-order valence-electron chi connectivity index (χ1n) is 15.6. The highest BCUT2D eigenvalue weighted by atomic mass is 16.7. The van der Waals surface area contributed by atoms with Gasteiger partial charge in [0.15, 0.2) is 6.29 Å². The summed E-state index contributed by atoms with van der Waals surface area (Å²) in [6, 6.07) is 15.3. The van der Waals surface area contributed by atoms with Crippen molar-refractivity contribution in [3.63, 3.8) is 0 Å². The zero-order chi connectivity index (χ0) is 34.5. The Hall–Kier alpha value is -5.01. The van der Waals surface area contributed by atoms with Gasteiger partial charge in [0.1, 0.15) is 18.8 Å². The Morgan fingerprint density at radius 3 is 2.08 bits per heavy atom. The molecule has 1 unspecified atom stereocenters. The van der Waals surface area contributed by atoms with Crippen LogP contribution in [-0.2, 0) is 36.9 Å². The highest BCUT2D eigenvalue weighted by molar-refractivity contribution is 5.68. The minimum Gasteiger partial charge on any atom is -0.459 e. The molecule has 17 heteroatoms. The minimum atomic E-state index is -1.60. The van der Waals surface area contributed by atoms with Gasteiger partial charge in [-0.05, 0) is 53.4 Å². The smallest absolute Gasteiger partial charge is 0.410 e.